The van der Waals surface area contributed by atoms with E-state index < -0.39 is 0 Å². The van der Waals surface area contributed by atoms with Crippen LogP contribution in [0, 0.1) is 5.41 Å². The van der Waals surface area contributed by atoms with E-state index in [4.69, 9.17) is 15.0 Å². The van der Waals surface area contributed by atoms with Crippen molar-refractivity contribution in [3.8, 4) is 23.0 Å². The van der Waals surface area contributed by atoms with Gasteiger partial charge >= 0.3 is 0 Å². The Balaban J connectivity index is 0.00000225. The summed E-state index contributed by atoms with van der Waals surface area (Å²) in [6, 6.07) is 13.3. The third kappa shape index (κ3) is 4.69. The van der Waals surface area contributed by atoms with Gasteiger partial charge in [-0.05, 0) is 43.0 Å². The van der Waals surface area contributed by atoms with Crippen LogP contribution in [0.5, 0.6) is 11.6 Å². The third-order valence-corrected chi connectivity index (χ3v) is 5.30. The number of halogens is 1. The Labute approximate surface area is 170 Å². The molecular formula is C21H25ClN4O2. The molecule has 2 heterocycles. The maximum atomic E-state index is 6.07. The summed E-state index contributed by atoms with van der Waals surface area (Å²) in [6.07, 6.45) is 8.46. The lowest BCUT2D eigenvalue weighted by atomic mass is 9.72. The molecule has 2 N–H and O–H groups in total. The first kappa shape index (κ1) is 20.3. The lowest BCUT2D eigenvalue weighted by Gasteiger charge is -2.34. The Hall–Kier alpha value is -2.44. The number of hydrogen-bond acceptors (Lipinski definition) is 6. The van der Waals surface area contributed by atoms with Crippen LogP contribution in [-0.2, 0) is 6.42 Å². The SMILES string of the molecule is Cl.NCC1(Cc2nc(-c3ccc(Oc4ccccc4)nc3)no2)CCCCC1. The van der Waals surface area contributed by atoms with Crippen LogP contribution in [0.2, 0.25) is 0 Å². The predicted molar refractivity (Wildman–Crippen MR) is 110 cm³/mol. The highest BCUT2D eigenvalue weighted by Crippen LogP contribution is 2.38. The van der Waals surface area contributed by atoms with E-state index >= 15 is 0 Å². The summed E-state index contributed by atoms with van der Waals surface area (Å²) >= 11 is 0. The number of nitrogens with zero attached hydrogens (tertiary/aromatic N) is 3. The van der Waals surface area contributed by atoms with Crippen LogP contribution in [0.3, 0.4) is 0 Å². The summed E-state index contributed by atoms with van der Waals surface area (Å²) < 4.78 is 11.2. The van der Waals surface area contributed by atoms with Crippen molar-refractivity contribution in [2.75, 3.05) is 6.54 Å². The Morgan fingerprint density at radius 3 is 2.50 bits per heavy atom. The van der Waals surface area contributed by atoms with E-state index in [1.54, 1.807) is 12.3 Å². The molecule has 4 rings (SSSR count). The Morgan fingerprint density at radius 2 is 1.82 bits per heavy atom. The lowest BCUT2D eigenvalue weighted by molar-refractivity contribution is 0.177. The van der Waals surface area contributed by atoms with Crippen molar-refractivity contribution in [3.63, 3.8) is 0 Å². The van der Waals surface area contributed by atoms with Gasteiger partial charge in [-0.1, -0.05) is 42.6 Å². The van der Waals surface area contributed by atoms with Crippen molar-refractivity contribution in [1.82, 2.24) is 15.1 Å². The molecular weight excluding hydrogens is 376 g/mol. The third-order valence-electron chi connectivity index (χ3n) is 5.30. The number of pyridine rings is 1. The number of aromatic nitrogens is 3. The topological polar surface area (TPSA) is 87.1 Å². The largest absolute Gasteiger partial charge is 0.439 e. The van der Waals surface area contributed by atoms with Crippen LogP contribution in [0.25, 0.3) is 11.4 Å². The molecule has 1 saturated carbocycles. The number of ether oxygens (including phenoxy) is 1. The smallest absolute Gasteiger partial charge is 0.227 e. The number of benzene rings is 1. The molecule has 1 aliphatic carbocycles. The maximum absolute atomic E-state index is 6.07. The van der Waals surface area contributed by atoms with Gasteiger partial charge in [0.2, 0.25) is 17.6 Å². The minimum Gasteiger partial charge on any atom is -0.439 e. The highest BCUT2D eigenvalue weighted by molar-refractivity contribution is 5.85. The maximum Gasteiger partial charge on any atom is 0.227 e. The summed E-state index contributed by atoms with van der Waals surface area (Å²) in [5.41, 5.74) is 6.98. The second-order valence-corrected chi connectivity index (χ2v) is 7.25. The molecule has 148 valence electrons. The van der Waals surface area contributed by atoms with Gasteiger partial charge in [0.1, 0.15) is 5.75 Å². The molecule has 0 bridgehead atoms. The molecule has 28 heavy (non-hydrogen) atoms. The fraction of sp³-hybridized carbons (Fsp3) is 0.381. The molecule has 0 atom stereocenters. The average molecular weight is 401 g/mol. The van der Waals surface area contributed by atoms with Gasteiger partial charge in [-0.15, -0.1) is 12.4 Å². The highest BCUT2D eigenvalue weighted by atomic mass is 35.5. The molecule has 1 fully saturated rings. The van der Waals surface area contributed by atoms with Gasteiger partial charge in [-0.25, -0.2) is 4.98 Å². The Bertz CT molecular complexity index is 862. The van der Waals surface area contributed by atoms with Crippen molar-refractivity contribution in [1.29, 1.82) is 0 Å². The zero-order valence-corrected chi connectivity index (χ0v) is 16.5. The molecule has 0 spiro atoms. The average Bonchev–Trinajstić information content (AvgIpc) is 3.18. The van der Waals surface area contributed by atoms with E-state index in [-0.39, 0.29) is 17.8 Å². The second-order valence-electron chi connectivity index (χ2n) is 7.25. The van der Waals surface area contributed by atoms with E-state index in [1.165, 1.54) is 19.3 Å². The molecule has 2 aromatic heterocycles. The number of hydrogen-bond donors (Lipinski definition) is 1. The first-order valence-corrected chi connectivity index (χ1v) is 9.48. The molecule has 1 aromatic carbocycles. The number of rotatable bonds is 6. The van der Waals surface area contributed by atoms with Crippen molar-refractivity contribution < 1.29 is 9.26 Å². The minimum absolute atomic E-state index is 0. The first-order valence-electron chi connectivity index (χ1n) is 9.48. The summed E-state index contributed by atoms with van der Waals surface area (Å²) in [5.74, 6) is 2.48. The summed E-state index contributed by atoms with van der Waals surface area (Å²) in [4.78, 5) is 8.91. The summed E-state index contributed by atoms with van der Waals surface area (Å²) in [6.45, 7) is 0.664. The quantitative estimate of drug-likeness (QED) is 0.639. The highest BCUT2D eigenvalue weighted by Gasteiger charge is 2.33. The predicted octanol–water partition coefficient (Wildman–Crippen LogP) is 4.80. The monoisotopic (exact) mass is 400 g/mol. The second kappa shape index (κ2) is 9.17. The van der Waals surface area contributed by atoms with E-state index in [0.717, 1.165) is 30.6 Å². The standard InChI is InChI=1S/C21H24N4O2.ClH/c22-15-21(11-5-2-6-12-21)13-19-24-20(25-27-19)16-9-10-18(23-14-16)26-17-7-3-1-4-8-17;/h1,3-4,7-10,14H,2,5-6,11-13,15,22H2;1H. The van der Waals surface area contributed by atoms with Crippen molar-refractivity contribution in [2.24, 2.45) is 11.1 Å². The normalized spacial score (nSPS) is 15.6. The van der Waals surface area contributed by atoms with Crippen LogP contribution in [0.4, 0.5) is 0 Å². The summed E-state index contributed by atoms with van der Waals surface area (Å²) in [7, 11) is 0. The Morgan fingerprint density at radius 1 is 1.04 bits per heavy atom. The van der Waals surface area contributed by atoms with E-state index in [2.05, 4.69) is 15.1 Å². The number of para-hydroxylation sites is 1. The zero-order valence-electron chi connectivity index (χ0n) is 15.7. The molecule has 0 saturated heterocycles. The first-order chi connectivity index (χ1) is 13.3. The van der Waals surface area contributed by atoms with Crippen LogP contribution >= 0.6 is 12.4 Å². The molecule has 1 aliphatic rings. The van der Waals surface area contributed by atoms with Crippen molar-refractivity contribution in [3.05, 3.63) is 54.6 Å². The number of nitrogens with two attached hydrogens (primary N) is 1. The van der Waals surface area contributed by atoms with Crippen LogP contribution in [0.15, 0.2) is 53.2 Å². The molecule has 0 unspecified atom stereocenters. The van der Waals surface area contributed by atoms with Crippen LogP contribution in [0.1, 0.15) is 38.0 Å². The van der Waals surface area contributed by atoms with E-state index in [9.17, 15) is 0 Å². The minimum atomic E-state index is 0. The molecule has 0 aliphatic heterocycles. The Kier molecular flexibility index (Phi) is 6.65. The zero-order chi connectivity index (χ0) is 18.5. The van der Waals surface area contributed by atoms with Gasteiger partial charge in [-0.2, -0.15) is 4.98 Å². The molecule has 0 radical (unpaired) electrons. The van der Waals surface area contributed by atoms with E-state index in [1.807, 2.05) is 36.4 Å². The molecule has 7 heteroatoms. The molecule has 3 aromatic rings. The van der Waals surface area contributed by atoms with Gasteiger partial charge in [0.15, 0.2) is 0 Å². The summed E-state index contributed by atoms with van der Waals surface area (Å²) in [5, 5.41) is 4.12. The fourth-order valence-electron chi connectivity index (χ4n) is 3.70. The van der Waals surface area contributed by atoms with Gasteiger partial charge in [0.05, 0.1) is 0 Å². The van der Waals surface area contributed by atoms with Gasteiger partial charge < -0.3 is 15.0 Å². The van der Waals surface area contributed by atoms with Gasteiger partial charge in [-0.3, -0.25) is 0 Å². The van der Waals surface area contributed by atoms with E-state index in [0.29, 0.717) is 24.1 Å². The van der Waals surface area contributed by atoms with Crippen molar-refractivity contribution >= 4 is 12.4 Å². The van der Waals surface area contributed by atoms with Crippen LogP contribution < -0.4 is 10.5 Å². The van der Waals surface area contributed by atoms with Gasteiger partial charge in [0.25, 0.3) is 0 Å². The van der Waals surface area contributed by atoms with Gasteiger partial charge in [0, 0.05) is 24.2 Å². The van der Waals surface area contributed by atoms with Crippen LogP contribution in [-0.4, -0.2) is 21.7 Å². The van der Waals surface area contributed by atoms with Crippen molar-refractivity contribution in [2.45, 2.75) is 38.5 Å². The lowest BCUT2D eigenvalue weighted by Crippen LogP contribution is -2.35. The molecule has 0 amide bonds. The fourth-order valence-corrected chi connectivity index (χ4v) is 3.70. The molecule has 6 nitrogen and oxygen atoms in total.